The zero-order valence-corrected chi connectivity index (χ0v) is 17.3. The van der Waals surface area contributed by atoms with Gasteiger partial charge in [-0.25, -0.2) is 9.98 Å². The summed E-state index contributed by atoms with van der Waals surface area (Å²) in [6.07, 6.45) is 5.38. The molecule has 0 atom stereocenters. The molecule has 0 bridgehead atoms. The van der Waals surface area contributed by atoms with Crippen LogP contribution in [-0.4, -0.2) is 37.2 Å². The van der Waals surface area contributed by atoms with Crippen molar-refractivity contribution in [3.8, 4) is 5.88 Å². The van der Waals surface area contributed by atoms with Crippen LogP contribution in [0.1, 0.15) is 37.3 Å². The summed E-state index contributed by atoms with van der Waals surface area (Å²) in [5.41, 5.74) is 2.08. The summed E-state index contributed by atoms with van der Waals surface area (Å²) in [7, 11) is 0. The second-order valence-electron chi connectivity index (χ2n) is 7.24. The number of aliphatic imine (C=N–C) groups is 1. The summed E-state index contributed by atoms with van der Waals surface area (Å²) in [6, 6.07) is 14.0. The van der Waals surface area contributed by atoms with Crippen LogP contribution in [0.5, 0.6) is 5.88 Å². The highest BCUT2D eigenvalue weighted by Crippen LogP contribution is 2.28. The Labute approximate surface area is 173 Å². The Bertz CT molecular complexity index is 748. The number of nitrogens with zero attached hydrogens (tertiary/aromatic N) is 2. The number of pyridine rings is 1. The maximum atomic E-state index is 5.93. The van der Waals surface area contributed by atoms with Gasteiger partial charge in [0.1, 0.15) is 6.61 Å². The van der Waals surface area contributed by atoms with Gasteiger partial charge in [0.05, 0.1) is 6.54 Å². The molecule has 6 heteroatoms. The van der Waals surface area contributed by atoms with Gasteiger partial charge in [0.2, 0.25) is 5.88 Å². The van der Waals surface area contributed by atoms with Crippen molar-refractivity contribution < 1.29 is 9.47 Å². The molecule has 29 heavy (non-hydrogen) atoms. The fourth-order valence-corrected chi connectivity index (χ4v) is 2.82. The predicted octanol–water partition coefficient (Wildman–Crippen LogP) is 3.53. The van der Waals surface area contributed by atoms with Crippen LogP contribution >= 0.6 is 0 Å². The number of benzene rings is 1. The van der Waals surface area contributed by atoms with E-state index in [1.807, 2.05) is 42.5 Å². The lowest BCUT2D eigenvalue weighted by atomic mass is 10.2. The molecule has 0 radical (unpaired) electrons. The van der Waals surface area contributed by atoms with Crippen LogP contribution in [0.2, 0.25) is 0 Å². The van der Waals surface area contributed by atoms with Gasteiger partial charge in [-0.15, -0.1) is 0 Å². The first-order chi connectivity index (χ1) is 14.3. The third kappa shape index (κ3) is 8.11. The molecular weight excluding hydrogens is 364 g/mol. The van der Waals surface area contributed by atoms with E-state index in [1.165, 1.54) is 12.8 Å². The Balaban J connectivity index is 1.47. The van der Waals surface area contributed by atoms with Gasteiger partial charge >= 0.3 is 0 Å². The molecule has 6 nitrogen and oxygen atoms in total. The van der Waals surface area contributed by atoms with Gasteiger partial charge in [-0.05, 0) is 43.7 Å². The summed E-state index contributed by atoms with van der Waals surface area (Å²) in [5, 5.41) is 6.66. The Morgan fingerprint density at radius 1 is 1.14 bits per heavy atom. The minimum absolute atomic E-state index is 0.494. The zero-order chi connectivity index (χ0) is 20.2. The van der Waals surface area contributed by atoms with Gasteiger partial charge in [0, 0.05) is 38.1 Å². The molecule has 0 saturated heterocycles. The number of guanidine groups is 1. The number of ether oxygens (including phenoxy) is 2. The van der Waals surface area contributed by atoms with Gasteiger partial charge in [0.25, 0.3) is 0 Å². The molecule has 0 aliphatic heterocycles. The van der Waals surface area contributed by atoms with Gasteiger partial charge in [0.15, 0.2) is 5.96 Å². The minimum Gasteiger partial charge on any atom is -0.473 e. The molecule has 1 aromatic heterocycles. The summed E-state index contributed by atoms with van der Waals surface area (Å²) in [4.78, 5) is 9.07. The molecule has 156 valence electrons. The monoisotopic (exact) mass is 396 g/mol. The van der Waals surface area contributed by atoms with Crippen LogP contribution in [0.3, 0.4) is 0 Å². The maximum Gasteiger partial charge on any atom is 0.218 e. The first kappa shape index (κ1) is 21.1. The molecule has 3 rings (SSSR count). The van der Waals surface area contributed by atoms with Crippen molar-refractivity contribution in [1.82, 2.24) is 15.6 Å². The fraction of sp³-hybridized carbons (Fsp3) is 0.478. The molecule has 0 unspecified atom stereocenters. The quantitative estimate of drug-likeness (QED) is 0.326. The molecule has 2 aromatic rings. The first-order valence-electron chi connectivity index (χ1n) is 10.6. The maximum absolute atomic E-state index is 5.93. The molecule has 1 aliphatic carbocycles. The molecule has 0 amide bonds. The summed E-state index contributed by atoms with van der Waals surface area (Å²) in [6.45, 7) is 6.42. The molecular formula is C23H32N4O2. The highest BCUT2D eigenvalue weighted by molar-refractivity contribution is 5.79. The Morgan fingerprint density at radius 2 is 2.00 bits per heavy atom. The van der Waals surface area contributed by atoms with Crippen molar-refractivity contribution in [3.63, 3.8) is 0 Å². The van der Waals surface area contributed by atoms with Crippen molar-refractivity contribution >= 4 is 5.96 Å². The lowest BCUT2D eigenvalue weighted by molar-refractivity contribution is 0.123. The van der Waals surface area contributed by atoms with Crippen LogP contribution in [0.25, 0.3) is 0 Å². The number of hydrogen-bond donors (Lipinski definition) is 2. The van der Waals surface area contributed by atoms with E-state index < -0.39 is 0 Å². The zero-order valence-electron chi connectivity index (χ0n) is 17.3. The van der Waals surface area contributed by atoms with Gasteiger partial charge in [-0.2, -0.15) is 0 Å². The number of aromatic nitrogens is 1. The standard InChI is InChI=1S/C23H32N4O2/c1-2-24-23(26-14-7-15-28-17-20-11-12-20)27-16-21-10-6-13-25-22(21)29-18-19-8-4-3-5-9-19/h3-6,8-10,13,20H,2,7,11-12,14-18H2,1H3,(H2,24,26,27). The smallest absolute Gasteiger partial charge is 0.218 e. The summed E-state index contributed by atoms with van der Waals surface area (Å²) >= 11 is 0. The largest absolute Gasteiger partial charge is 0.473 e. The van der Waals surface area contributed by atoms with Gasteiger partial charge in [-0.1, -0.05) is 36.4 Å². The van der Waals surface area contributed by atoms with Crippen molar-refractivity contribution in [1.29, 1.82) is 0 Å². The first-order valence-corrected chi connectivity index (χ1v) is 10.6. The van der Waals surface area contributed by atoms with Crippen LogP contribution in [-0.2, 0) is 17.9 Å². The van der Waals surface area contributed by atoms with E-state index >= 15 is 0 Å². The minimum atomic E-state index is 0.494. The van der Waals surface area contributed by atoms with Crippen LogP contribution in [0, 0.1) is 5.92 Å². The van der Waals surface area contributed by atoms with E-state index in [0.29, 0.717) is 19.0 Å². The Kier molecular flexibility index (Phi) is 8.79. The second kappa shape index (κ2) is 12.1. The number of nitrogens with one attached hydrogen (secondary N) is 2. The van der Waals surface area contributed by atoms with Gasteiger partial charge in [-0.3, -0.25) is 0 Å². The van der Waals surface area contributed by atoms with Crippen LogP contribution in [0.4, 0.5) is 0 Å². The third-order valence-electron chi connectivity index (χ3n) is 4.63. The highest BCUT2D eigenvalue weighted by atomic mass is 16.5. The average Bonchev–Trinajstić information content (AvgIpc) is 3.58. The Hall–Kier alpha value is -2.60. The molecule has 1 aromatic carbocycles. The van der Waals surface area contributed by atoms with Gasteiger partial charge < -0.3 is 20.1 Å². The van der Waals surface area contributed by atoms with E-state index in [2.05, 4.69) is 27.5 Å². The average molecular weight is 397 g/mol. The lowest BCUT2D eigenvalue weighted by Crippen LogP contribution is -2.38. The van der Waals surface area contributed by atoms with E-state index in [4.69, 9.17) is 9.47 Å². The molecule has 1 heterocycles. The second-order valence-corrected chi connectivity index (χ2v) is 7.24. The van der Waals surface area contributed by atoms with E-state index in [1.54, 1.807) is 6.20 Å². The van der Waals surface area contributed by atoms with Crippen molar-refractivity contribution in [3.05, 3.63) is 59.8 Å². The third-order valence-corrected chi connectivity index (χ3v) is 4.63. The summed E-state index contributed by atoms with van der Waals surface area (Å²) in [5.74, 6) is 2.25. The van der Waals surface area contributed by atoms with Crippen LogP contribution < -0.4 is 15.4 Å². The van der Waals surface area contributed by atoms with E-state index in [-0.39, 0.29) is 0 Å². The Morgan fingerprint density at radius 3 is 2.79 bits per heavy atom. The molecule has 1 aliphatic rings. The molecule has 0 spiro atoms. The van der Waals surface area contributed by atoms with E-state index in [0.717, 1.165) is 55.7 Å². The predicted molar refractivity (Wildman–Crippen MR) is 116 cm³/mol. The fourth-order valence-electron chi connectivity index (χ4n) is 2.82. The van der Waals surface area contributed by atoms with Crippen molar-refractivity contribution in [2.24, 2.45) is 10.9 Å². The molecule has 1 fully saturated rings. The van der Waals surface area contributed by atoms with Crippen molar-refractivity contribution in [2.75, 3.05) is 26.3 Å². The van der Waals surface area contributed by atoms with Crippen LogP contribution in [0.15, 0.2) is 53.7 Å². The van der Waals surface area contributed by atoms with E-state index in [9.17, 15) is 0 Å². The number of hydrogen-bond acceptors (Lipinski definition) is 4. The topological polar surface area (TPSA) is 67.8 Å². The lowest BCUT2D eigenvalue weighted by Gasteiger charge is -2.12. The molecule has 2 N–H and O–H groups in total. The normalized spacial score (nSPS) is 13.9. The SMILES string of the molecule is CCNC(=NCc1cccnc1OCc1ccccc1)NCCCOCC1CC1. The summed E-state index contributed by atoms with van der Waals surface area (Å²) < 4.78 is 11.6. The van der Waals surface area contributed by atoms with Crippen molar-refractivity contribution in [2.45, 2.75) is 39.3 Å². The molecule has 1 saturated carbocycles. The highest BCUT2D eigenvalue weighted by Gasteiger charge is 2.20. The number of rotatable bonds is 12.